The Morgan fingerprint density at radius 2 is 1.87 bits per heavy atom. The number of aromatic amines is 1. The summed E-state index contributed by atoms with van der Waals surface area (Å²) in [6.07, 6.45) is 4.63. The van der Waals surface area contributed by atoms with Crippen molar-refractivity contribution >= 4 is 46.1 Å². The minimum absolute atomic E-state index is 0.208. The maximum absolute atomic E-state index is 13.3. The average molecular weight is 540 g/mol. The fraction of sp³-hybridized carbons (Fsp3) is 0.0714. The number of pyridine rings is 1. The predicted octanol–water partition coefficient (Wildman–Crippen LogP) is 3.54. The molecule has 10 nitrogen and oxygen atoms in total. The van der Waals surface area contributed by atoms with Gasteiger partial charge in [0, 0.05) is 45.7 Å². The SMILES string of the molecule is O=C(C=Cc1cc(Cl)ccc1-n1cnnn1)N[C@@H](Cc1ccccc1)C(=O)Nc1ccc2[nH]c(=O)ccc2c1. The molecule has 39 heavy (non-hydrogen) atoms. The van der Waals surface area contributed by atoms with Crippen LogP contribution in [0.3, 0.4) is 0 Å². The first-order valence-electron chi connectivity index (χ1n) is 11.9. The molecule has 2 aromatic heterocycles. The lowest BCUT2D eigenvalue weighted by atomic mass is 10.0. The number of H-pyrrole nitrogens is 1. The van der Waals surface area contributed by atoms with Crippen LogP contribution in [0.25, 0.3) is 22.7 Å². The van der Waals surface area contributed by atoms with Crippen LogP contribution in [-0.4, -0.2) is 43.0 Å². The number of tetrazole rings is 1. The highest BCUT2D eigenvalue weighted by Gasteiger charge is 2.21. The Hall–Kier alpha value is -5.09. The van der Waals surface area contributed by atoms with E-state index in [-0.39, 0.29) is 17.9 Å². The van der Waals surface area contributed by atoms with Gasteiger partial charge in [0.15, 0.2) is 0 Å². The van der Waals surface area contributed by atoms with Crippen molar-refractivity contribution in [3.05, 3.63) is 118 Å². The van der Waals surface area contributed by atoms with E-state index in [4.69, 9.17) is 11.6 Å². The maximum Gasteiger partial charge on any atom is 0.248 e. The summed E-state index contributed by atoms with van der Waals surface area (Å²) < 4.78 is 1.46. The fourth-order valence-corrected chi connectivity index (χ4v) is 4.23. The van der Waals surface area contributed by atoms with Crippen molar-refractivity contribution in [1.82, 2.24) is 30.5 Å². The van der Waals surface area contributed by atoms with Gasteiger partial charge in [0.2, 0.25) is 17.4 Å². The standard InChI is InChI=1S/C28H22ClN7O3/c29-21-8-11-25(36-17-30-34-35-36)20(15-21)7-13-27(38)33-24(14-18-4-2-1-3-5-18)28(39)31-22-9-10-23-19(16-22)6-12-26(37)32-23/h1-13,15-17,24H,14H2,(H,31,39)(H,32,37)(H,33,38)/t24-/m0/s1. The molecule has 0 fully saturated rings. The molecular weight excluding hydrogens is 518 g/mol. The fourth-order valence-electron chi connectivity index (χ4n) is 4.04. The van der Waals surface area contributed by atoms with E-state index in [0.717, 1.165) is 10.9 Å². The monoisotopic (exact) mass is 539 g/mol. The second kappa shape index (κ2) is 11.5. The van der Waals surface area contributed by atoms with Gasteiger partial charge < -0.3 is 15.6 Å². The molecule has 0 saturated heterocycles. The second-order valence-electron chi connectivity index (χ2n) is 8.66. The number of carbonyl (C=O) groups is 2. The molecule has 3 aromatic carbocycles. The number of fused-ring (bicyclic) bond motifs is 1. The van der Waals surface area contributed by atoms with Crippen LogP contribution in [0.15, 0.2) is 96.1 Å². The van der Waals surface area contributed by atoms with Gasteiger partial charge in [-0.1, -0.05) is 41.9 Å². The number of nitrogens with one attached hydrogen (secondary N) is 3. The molecule has 0 aliphatic rings. The zero-order valence-electron chi connectivity index (χ0n) is 20.4. The van der Waals surface area contributed by atoms with Crippen molar-refractivity contribution in [3.8, 4) is 5.69 Å². The summed E-state index contributed by atoms with van der Waals surface area (Å²) in [7, 11) is 0. The molecule has 0 aliphatic heterocycles. The topological polar surface area (TPSA) is 135 Å². The number of amides is 2. The van der Waals surface area contributed by atoms with E-state index in [1.165, 1.54) is 23.2 Å². The Kier molecular flexibility index (Phi) is 7.56. The molecular formula is C28H22ClN7O3. The summed E-state index contributed by atoms with van der Waals surface area (Å²) in [6.45, 7) is 0. The molecule has 0 radical (unpaired) electrons. The Morgan fingerprint density at radius 1 is 1.03 bits per heavy atom. The largest absolute Gasteiger partial charge is 0.340 e. The molecule has 0 bridgehead atoms. The average Bonchev–Trinajstić information content (AvgIpc) is 3.47. The summed E-state index contributed by atoms with van der Waals surface area (Å²) in [4.78, 5) is 40.6. The summed E-state index contributed by atoms with van der Waals surface area (Å²) in [5, 5.41) is 18.1. The first-order valence-corrected chi connectivity index (χ1v) is 12.3. The van der Waals surface area contributed by atoms with Crippen molar-refractivity contribution in [2.45, 2.75) is 12.5 Å². The molecule has 11 heteroatoms. The van der Waals surface area contributed by atoms with Gasteiger partial charge in [-0.15, -0.1) is 5.10 Å². The number of anilines is 1. The third kappa shape index (κ3) is 6.43. The summed E-state index contributed by atoms with van der Waals surface area (Å²) >= 11 is 6.17. The van der Waals surface area contributed by atoms with E-state index in [9.17, 15) is 14.4 Å². The number of benzene rings is 3. The minimum Gasteiger partial charge on any atom is -0.340 e. The minimum atomic E-state index is -0.867. The van der Waals surface area contributed by atoms with Gasteiger partial charge in [0.1, 0.15) is 12.4 Å². The molecule has 2 amide bonds. The molecule has 0 aliphatic carbocycles. The number of rotatable bonds is 8. The molecule has 5 aromatic rings. The van der Waals surface area contributed by atoms with Crippen molar-refractivity contribution in [1.29, 1.82) is 0 Å². The van der Waals surface area contributed by atoms with Crippen molar-refractivity contribution in [3.63, 3.8) is 0 Å². The second-order valence-corrected chi connectivity index (χ2v) is 9.09. The highest BCUT2D eigenvalue weighted by molar-refractivity contribution is 6.30. The van der Waals surface area contributed by atoms with Crippen LogP contribution in [0.5, 0.6) is 0 Å². The highest BCUT2D eigenvalue weighted by atomic mass is 35.5. The zero-order chi connectivity index (χ0) is 27.2. The molecule has 1 atom stereocenters. The van der Waals surface area contributed by atoms with E-state index in [1.54, 1.807) is 48.5 Å². The van der Waals surface area contributed by atoms with Crippen LogP contribution >= 0.6 is 11.6 Å². The van der Waals surface area contributed by atoms with Crippen LogP contribution in [0.1, 0.15) is 11.1 Å². The third-order valence-corrected chi connectivity index (χ3v) is 6.14. The smallest absolute Gasteiger partial charge is 0.248 e. The van der Waals surface area contributed by atoms with Gasteiger partial charge >= 0.3 is 0 Å². The number of hydrogen-bond acceptors (Lipinski definition) is 6. The van der Waals surface area contributed by atoms with Crippen LogP contribution in [-0.2, 0) is 16.0 Å². The molecule has 194 valence electrons. The Labute approximate surface area is 227 Å². The predicted molar refractivity (Wildman–Crippen MR) is 148 cm³/mol. The molecule has 0 saturated carbocycles. The van der Waals surface area contributed by atoms with Gasteiger partial charge in [-0.25, -0.2) is 0 Å². The summed E-state index contributed by atoms with van der Waals surface area (Å²) in [5.74, 6) is -0.855. The van der Waals surface area contributed by atoms with Crippen LogP contribution < -0.4 is 16.2 Å². The van der Waals surface area contributed by atoms with Gasteiger partial charge in [-0.2, -0.15) is 4.68 Å². The highest BCUT2D eigenvalue weighted by Crippen LogP contribution is 2.20. The lowest BCUT2D eigenvalue weighted by Crippen LogP contribution is -2.44. The van der Waals surface area contributed by atoms with Gasteiger partial charge in [0.05, 0.1) is 5.69 Å². The molecule has 2 heterocycles. The quantitative estimate of drug-likeness (QED) is 0.258. The lowest BCUT2D eigenvalue weighted by molar-refractivity contribution is -0.123. The van der Waals surface area contributed by atoms with E-state index in [0.29, 0.717) is 27.5 Å². The Bertz CT molecular complexity index is 1720. The van der Waals surface area contributed by atoms with E-state index < -0.39 is 11.9 Å². The molecule has 0 unspecified atom stereocenters. The maximum atomic E-state index is 13.3. The van der Waals surface area contributed by atoms with Gasteiger partial charge in [0.25, 0.3) is 0 Å². The molecule has 3 N–H and O–H groups in total. The van der Waals surface area contributed by atoms with Gasteiger partial charge in [-0.05, 0) is 64.5 Å². The Morgan fingerprint density at radius 3 is 2.67 bits per heavy atom. The first kappa shape index (κ1) is 25.6. The number of carbonyl (C=O) groups excluding carboxylic acids is 2. The van der Waals surface area contributed by atoms with Crippen LogP contribution in [0.4, 0.5) is 5.69 Å². The summed E-state index contributed by atoms with van der Waals surface area (Å²) in [5.41, 5.74) is 3.11. The van der Waals surface area contributed by atoms with Crippen molar-refractivity contribution in [2.24, 2.45) is 0 Å². The van der Waals surface area contributed by atoms with Gasteiger partial charge in [-0.3, -0.25) is 14.4 Å². The number of nitrogens with zero attached hydrogens (tertiary/aromatic N) is 4. The number of halogens is 1. The Balaban J connectivity index is 1.36. The zero-order valence-corrected chi connectivity index (χ0v) is 21.2. The van der Waals surface area contributed by atoms with Crippen LogP contribution in [0, 0.1) is 0 Å². The molecule has 0 spiro atoms. The lowest BCUT2D eigenvalue weighted by Gasteiger charge is -2.18. The van der Waals surface area contributed by atoms with Crippen LogP contribution in [0.2, 0.25) is 5.02 Å². The van der Waals surface area contributed by atoms with Crippen molar-refractivity contribution in [2.75, 3.05) is 5.32 Å². The summed E-state index contributed by atoms with van der Waals surface area (Å²) in [6, 6.07) is 21.9. The van der Waals surface area contributed by atoms with E-state index in [2.05, 4.69) is 31.1 Å². The third-order valence-electron chi connectivity index (χ3n) is 5.91. The van der Waals surface area contributed by atoms with E-state index in [1.807, 2.05) is 30.3 Å². The van der Waals surface area contributed by atoms with E-state index >= 15 is 0 Å². The number of aromatic nitrogens is 5. The first-order chi connectivity index (χ1) is 18.9. The van der Waals surface area contributed by atoms with Crippen molar-refractivity contribution < 1.29 is 9.59 Å². The normalized spacial score (nSPS) is 11.9. The number of hydrogen-bond donors (Lipinski definition) is 3. The molecule has 5 rings (SSSR count).